The minimum absolute atomic E-state index is 0. The van der Waals surface area contributed by atoms with E-state index in [1.165, 1.54) is 0 Å². The zero-order valence-corrected chi connectivity index (χ0v) is 13.5. The van der Waals surface area contributed by atoms with Gasteiger partial charge in [-0.1, -0.05) is 18.2 Å². The summed E-state index contributed by atoms with van der Waals surface area (Å²) in [6.45, 7) is 6.40. The van der Waals surface area contributed by atoms with Crippen LogP contribution in [0.1, 0.15) is 36.3 Å². The Morgan fingerprint density at radius 3 is 2.67 bits per heavy atom. The zero-order chi connectivity index (χ0) is 14.8. The number of hydrogen-bond donors (Lipinski definition) is 2. The Morgan fingerprint density at radius 2 is 2.00 bits per heavy atom. The van der Waals surface area contributed by atoms with E-state index in [4.69, 9.17) is 5.73 Å². The standard InChI is InChI=1S/C16H21N3O.ClH/c1-11-10-13(12-6-4-5-7-14(12)18-11)15(20)19-16(2,3)8-9-17;/h4-7,10H,8-9,17H2,1-3H3,(H,19,20);1H. The second-order valence-corrected chi connectivity index (χ2v) is 5.71. The molecule has 0 bridgehead atoms. The van der Waals surface area contributed by atoms with Gasteiger partial charge in [-0.05, 0) is 45.9 Å². The summed E-state index contributed by atoms with van der Waals surface area (Å²) in [7, 11) is 0. The van der Waals surface area contributed by atoms with Crippen LogP contribution >= 0.6 is 12.4 Å². The monoisotopic (exact) mass is 307 g/mol. The van der Waals surface area contributed by atoms with Gasteiger partial charge in [0.25, 0.3) is 5.91 Å². The van der Waals surface area contributed by atoms with E-state index in [0.717, 1.165) is 23.0 Å². The number of hydrogen-bond acceptors (Lipinski definition) is 3. The molecule has 0 fully saturated rings. The van der Waals surface area contributed by atoms with Crippen molar-refractivity contribution in [3.8, 4) is 0 Å². The van der Waals surface area contributed by atoms with Gasteiger partial charge in [-0.25, -0.2) is 0 Å². The van der Waals surface area contributed by atoms with Crippen LogP contribution in [-0.4, -0.2) is 23.0 Å². The van der Waals surface area contributed by atoms with E-state index in [1.54, 1.807) is 0 Å². The highest BCUT2D eigenvalue weighted by Crippen LogP contribution is 2.19. The molecule has 0 saturated carbocycles. The minimum atomic E-state index is -0.315. The summed E-state index contributed by atoms with van der Waals surface area (Å²) in [6.07, 6.45) is 0.737. The largest absolute Gasteiger partial charge is 0.347 e. The van der Waals surface area contributed by atoms with Gasteiger partial charge in [0.2, 0.25) is 0 Å². The fourth-order valence-corrected chi connectivity index (χ4v) is 2.29. The van der Waals surface area contributed by atoms with Crippen LogP contribution in [0.25, 0.3) is 10.9 Å². The van der Waals surface area contributed by atoms with Crippen molar-refractivity contribution in [3.05, 3.63) is 41.6 Å². The van der Waals surface area contributed by atoms with Gasteiger partial charge in [0.05, 0.1) is 11.1 Å². The lowest BCUT2D eigenvalue weighted by atomic mass is 9.99. The molecule has 114 valence electrons. The first kappa shape index (κ1) is 17.4. The Balaban J connectivity index is 0.00000220. The number of nitrogens with two attached hydrogens (primary N) is 1. The van der Waals surface area contributed by atoms with Crippen molar-refractivity contribution >= 4 is 29.2 Å². The molecule has 0 spiro atoms. The summed E-state index contributed by atoms with van der Waals surface area (Å²) >= 11 is 0. The summed E-state index contributed by atoms with van der Waals surface area (Å²) in [5.74, 6) is -0.0786. The second kappa shape index (κ2) is 6.87. The van der Waals surface area contributed by atoms with Crippen molar-refractivity contribution in [3.63, 3.8) is 0 Å². The predicted molar refractivity (Wildman–Crippen MR) is 88.9 cm³/mol. The third kappa shape index (κ3) is 4.16. The Hall–Kier alpha value is -1.65. The number of para-hydroxylation sites is 1. The van der Waals surface area contributed by atoms with Crippen LogP contribution in [0, 0.1) is 6.92 Å². The maximum absolute atomic E-state index is 12.5. The molecule has 21 heavy (non-hydrogen) atoms. The molecule has 5 heteroatoms. The Bertz CT molecular complexity index is 640. The van der Waals surface area contributed by atoms with Crippen LogP contribution in [0.5, 0.6) is 0 Å². The molecule has 0 radical (unpaired) electrons. The number of benzene rings is 1. The minimum Gasteiger partial charge on any atom is -0.347 e. The number of amides is 1. The molecule has 0 aliphatic heterocycles. The van der Waals surface area contributed by atoms with Crippen molar-refractivity contribution in [2.45, 2.75) is 32.7 Å². The number of aromatic nitrogens is 1. The van der Waals surface area contributed by atoms with E-state index < -0.39 is 0 Å². The fraction of sp³-hybridized carbons (Fsp3) is 0.375. The molecule has 0 unspecified atom stereocenters. The molecule has 1 heterocycles. The Morgan fingerprint density at radius 1 is 1.33 bits per heavy atom. The SMILES string of the molecule is Cc1cc(C(=O)NC(C)(C)CCN)c2ccccc2n1.Cl. The second-order valence-electron chi connectivity index (χ2n) is 5.71. The van der Waals surface area contributed by atoms with Gasteiger partial charge >= 0.3 is 0 Å². The lowest BCUT2D eigenvalue weighted by Gasteiger charge is -2.26. The van der Waals surface area contributed by atoms with Crippen LogP contribution in [0.4, 0.5) is 0 Å². The smallest absolute Gasteiger partial charge is 0.252 e. The first-order chi connectivity index (χ1) is 9.43. The van der Waals surface area contributed by atoms with E-state index in [9.17, 15) is 4.79 Å². The molecule has 1 aromatic heterocycles. The van der Waals surface area contributed by atoms with Crippen LogP contribution in [0.15, 0.2) is 30.3 Å². The van der Waals surface area contributed by atoms with Crippen molar-refractivity contribution < 1.29 is 4.79 Å². The molecule has 2 aromatic rings. The van der Waals surface area contributed by atoms with E-state index in [2.05, 4.69) is 10.3 Å². The number of carbonyl (C=O) groups excluding carboxylic acids is 1. The quantitative estimate of drug-likeness (QED) is 0.912. The Labute approximate surface area is 131 Å². The summed E-state index contributed by atoms with van der Waals surface area (Å²) in [6, 6.07) is 9.52. The molecule has 4 nitrogen and oxygen atoms in total. The van der Waals surface area contributed by atoms with Crippen molar-refractivity contribution in [1.29, 1.82) is 0 Å². The summed E-state index contributed by atoms with van der Waals surface area (Å²) < 4.78 is 0. The first-order valence-electron chi connectivity index (χ1n) is 6.82. The van der Waals surface area contributed by atoms with E-state index in [1.807, 2.05) is 51.1 Å². The third-order valence-corrected chi connectivity index (χ3v) is 3.31. The van der Waals surface area contributed by atoms with Gasteiger partial charge in [0.15, 0.2) is 0 Å². The van der Waals surface area contributed by atoms with E-state index in [0.29, 0.717) is 12.1 Å². The van der Waals surface area contributed by atoms with Gasteiger partial charge in [0.1, 0.15) is 0 Å². The highest BCUT2D eigenvalue weighted by Gasteiger charge is 2.21. The maximum Gasteiger partial charge on any atom is 0.252 e. The zero-order valence-electron chi connectivity index (χ0n) is 12.6. The lowest BCUT2D eigenvalue weighted by Crippen LogP contribution is -2.44. The first-order valence-corrected chi connectivity index (χ1v) is 6.82. The Kier molecular flexibility index (Phi) is 5.70. The number of nitrogens with zero attached hydrogens (tertiary/aromatic N) is 1. The number of carbonyl (C=O) groups is 1. The van der Waals surface area contributed by atoms with E-state index in [-0.39, 0.29) is 23.9 Å². The fourth-order valence-electron chi connectivity index (χ4n) is 2.29. The molecule has 3 N–H and O–H groups in total. The van der Waals surface area contributed by atoms with Crippen LogP contribution in [0.3, 0.4) is 0 Å². The molecule has 1 amide bonds. The van der Waals surface area contributed by atoms with Crippen LogP contribution < -0.4 is 11.1 Å². The average Bonchev–Trinajstić information content (AvgIpc) is 2.36. The number of aryl methyl sites for hydroxylation is 1. The number of pyridine rings is 1. The summed E-state index contributed by atoms with van der Waals surface area (Å²) in [5.41, 5.74) is 7.61. The number of halogens is 1. The number of fused-ring (bicyclic) bond motifs is 1. The third-order valence-electron chi connectivity index (χ3n) is 3.31. The molecular formula is C16H22ClN3O. The van der Waals surface area contributed by atoms with Gasteiger partial charge in [-0.2, -0.15) is 0 Å². The summed E-state index contributed by atoms with van der Waals surface area (Å²) in [4.78, 5) is 17.0. The molecule has 0 saturated heterocycles. The summed E-state index contributed by atoms with van der Waals surface area (Å²) in [5, 5.41) is 3.92. The normalized spacial score (nSPS) is 11.0. The van der Waals surface area contributed by atoms with Gasteiger partial charge in [0, 0.05) is 16.6 Å². The molecule has 0 atom stereocenters. The highest BCUT2D eigenvalue weighted by molar-refractivity contribution is 6.06. The number of nitrogens with one attached hydrogen (secondary N) is 1. The van der Waals surface area contributed by atoms with Gasteiger partial charge < -0.3 is 11.1 Å². The van der Waals surface area contributed by atoms with Crippen LogP contribution in [-0.2, 0) is 0 Å². The predicted octanol–water partition coefficient (Wildman–Crippen LogP) is 2.82. The average molecular weight is 308 g/mol. The lowest BCUT2D eigenvalue weighted by molar-refractivity contribution is 0.0912. The highest BCUT2D eigenvalue weighted by atomic mass is 35.5. The van der Waals surface area contributed by atoms with Gasteiger partial charge in [-0.3, -0.25) is 9.78 Å². The van der Waals surface area contributed by atoms with Crippen molar-refractivity contribution in [1.82, 2.24) is 10.3 Å². The molecule has 0 aliphatic carbocycles. The maximum atomic E-state index is 12.5. The molecule has 2 rings (SSSR count). The molecular weight excluding hydrogens is 286 g/mol. The topological polar surface area (TPSA) is 68.0 Å². The number of rotatable bonds is 4. The van der Waals surface area contributed by atoms with E-state index >= 15 is 0 Å². The van der Waals surface area contributed by atoms with Crippen molar-refractivity contribution in [2.24, 2.45) is 5.73 Å². The molecule has 1 aromatic carbocycles. The van der Waals surface area contributed by atoms with Gasteiger partial charge in [-0.15, -0.1) is 12.4 Å². The van der Waals surface area contributed by atoms with Crippen molar-refractivity contribution in [2.75, 3.05) is 6.54 Å². The van der Waals surface area contributed by atoms with Crippen LogP contribution in [0.2, 0.25) is 0 Å². The molecule has 0 aliphatic rings.